The van der Waals surface area contributed by atoms with Crippen LogP contribution in [-0.2, 0) is 16.0 Å². The Labute approximate surface area is 214 Å². The number of allylic oxidation sites excluding steroid dienone is 1. The van der Waals surface area contributed by atoms with Gasteiger partial charge in [-0.05, 0) is 74.5 Å². The second kappa shape index (κ2) is 10.6. The minimum absolute atomic E-state index is 0.0774. The average Bonchev–Trinajstić information content (AvgIpc) is 3.31. The van der Waals surface area contributed by atoms with Crippen LogP contribution < -0.4 is 0 Å². The molecule has 2 bridgehead atoms. The number of aromatic nitrogens is 3. The van der Waals surface area contributed by atoms with E-state index in [0.717, 1.165) is 68.5 Å². The molecule has 6 heteroatoms. The Morgan fingerprint density at radius 1 is 1.19 bits per heavy atom. The number of H-pyrrole nitrogens is 1. The molecule has 2 heterocycles. The lowest BCUT2D eigenvalue weighted by molar-refractivity contribution is -0.176. The predicted molar refractivity (Wildman–Crippen MR) is 143 cm³/mol. The summed E-state index contributed by atoms with van der Waals surface area (Å²) < 4.78 is 6.38. The van der Waals surface area contributed by atoms with Gasteiger partial charge in [-0.2, -0.15) is 0 Å². The number of pyridine rings is 1. The van der Waals surface area contributed by atoms with Gasteiger partial charge in [0.05, 0.1) is 17.0 Å². The zero-order valence-corrected chi connectivity index (χ0v) is 21.7. The molecular formula is C30H38N4O2. The van der Waals surface area contributed by atoms with Gasteiger partial charge in [-0.3, -0.25) is 9.78 Å². The predicted octanol–water partition coefficient (Wildman–Crippen LogP) is 5.66. The van der Waals surface area contributed by atoms with Crippen molar-refractivity contribution in [3.05, 3.63) is 66.3 Å². The molecule has 1 N–H and O–H groups in total. The second-order valence-corrected chi connectivity index (χ2v) is 10.9. The standard InChI is InChI=1S/C30H38N4O2/c1-21(2)29(35)36-30(19-22-12-13-24(30)18-25(22)23-8-6-15-31-20-23)14-17-34(3)16-7-11-28-32-26-9-4-5-10-27(26)33-28/h4-6,8-10,15,18,20-22,24H,7,11-14,16-17,19H2,1-3H3,(H,32,33). The van der Waals surface area contributed by atoms with Crippen LogP contribution in [-0.4, -0.2) is 51.6 Å². The van der Waals surface area contributed by atoms with Crippen molar-refractivity contribution in [1.82, 2.24) is 19.9 Å². The van der Waals surface area contributed by atoms with Gasteiger partial charge in [-0.25, -0.2) is 4.98 Å². The molecule has 190 valence electrons. The zero-order valence-electron chi connectivity index (χ0n) is 21.7. The Kier molecular flexibility index (Phi) is 7.24. The number of nitrogens with zero attached hydrogens (tertiary/aromatic N) is 3. The number of para-hydroxylation sites is 2. The number of aryl methyl sites for hydroxylation is 1. The number of nitrogens with one attached hydrogen (secondary N) is 1. The summed E-state index contributed by atoms with van der Waals surface area (Å²) in [5.74, 6) is 1.52. The number of rotatable bonds is 10. The molecular weight excluding hydrogens is 448 g/mol. The summed E-state index contributed by atoms with van der Waals surface area (Å²) in [4.78, 5) is 27.7. The van der Waals surface area contributed by atoms with Gasteiger partial charge in [-0.1, -0.05) is 38.1 Å². The number of hydrogen-bond acceptors (Lipinski definition) is 5. The lowest BCUT2D eigenvalue weighted by atomic mass is 9.61. The molecule has 0 aliphatic heterocycles. The molecule has 1 saturated carbocycles. The first-order valence-corrected chi connectivity index (χ1v) is 13.4. The van der Waals surface area contributed by atoms with E-state index in [9.17, 15) is 4.79 Å². The molecule has 0 spiro atoms. The Balaban J connectivity index is 1.23. The van der Waals surface area contributed by atoms with E-state index in [1.807, 2.05) is 50.5 Å². The normalized spacial score (nSPS) is 23.4. The van der Waals surface area contributed by atoms with Crippen LogP contribution in [0, 0.1) is 17.8 Å². The highest BCUT2D eigenvalue weighted by atomic mass is 16.6. The van der Waals surface area contributed by atoms with E-state index in [0.29, 0.717) is 5.92 Å². The number of esters is 1. The van der Waals surface area contributed by atoms with E-state index in [2.05, 4.69) is 40.1 Å². The molecule has 3 atom stereocenters. The summed E-state index contributed by atoms with van der Waals surface area (Å²) in [5.41, 5.74) is 4.30. The third kappa shape index (κ3) is 5.24. The van der Waals surface area contributed by atoms with Crippen molar-refractivity contribution in [1.29, 1.82) is 0 Å². The molecule has 1 aromatic carbocycles. The number of imidazole rings is 1. The molecule has 2 aromatic heterocycles. The first-order valence-electron chi connectivity index (χ1n) is 13.4. The molecule has 0 saturated heterocycles. The number of benzene rings is 1. The summed E-state index contributed by atoms with van der Waals surface area (Å²) in [6.07, 6.45) is 12.1. The van der Waals surface area contributed by atoms with Crippen LogP contribution >= 0.6 is 0 Å². The summed E-state index contributed by atoms with van der Waals surface area (Å²) in [6, 6.07) is 12.3. The van der Waals surface area contributed by atoms with Crippen LogP contribution in [0.2, 0.25) is 0 Å². The van der Waals surface area contributed by atoms with Gasteiger partial charge in [-0.15, -0.1) is 0 Å². The van der Waals surface area contributed by atoms with E-state index in [-0.39, 0.29) is 17.8 Å². The number of aromatic amines is 1. The van der Waals surface area contributed by atoms with Crippen LogP contribution in [0.15, 0.2) is 54.9 Å². The van der Waals surface area contributed by atoms with E-state index in [1.54, 1.807) is 0 Å². The summed E-state index contributed by atoms with van der Waals surface area (Å²) in [7, 11) is 2.18. The van der Waals surface area contributed by atoms with Gasteiger partial charge >= 0.3 is 5.97 Å². The quantitative estimate of drug-likeness (QED) is 0.374. The molecule has 0 amide bonds. The van der Waals surface area contributed by atoms with Crippen molar-refractivity contribution < 1.29 is 9.53 Å². The van der Waals surface area contributed by atoms with Crippen molar-refractivity contribution >= 4 is 22.6 Å². The van der Waals surface area contributed by atoms with E-state index < -0.39 is 5.60 Å². The van der Waals surface area contributed by atoms with Crippen molar-refractivity contribution in [2.75, 3.05) is 20.1 Å². The van der Waals surface area contributed by atoms with Crippen LogP contribution in [0.5, 0.6) is 0 Å². The third-order valence-electron chi connectivity index (χ3n) is 7.99. The lowest BCUT2D eigenvalue weighted by Crippen LogP contribution is -2.51. The van der Waals surface area contributed by atoms with E-state index in [4.69, 9.17) is 9.72 Å². The Bertz CT molecular complexity index is 1180. The van der Waals surface area contributed by atoms with Crippen molar-refractivity contribution in [3.63, 3.8) is 0 Å². The third-order valence-corrected chi connectivity index (χ3v) is 7.99. The van der Waals surface area contributed by atoms with Crippen LogP contribution in [0.25, 0.3) is 16.6 Å². The maximum Gasteiger partial charge on any atom is 0.308 e. The van der Waals surface area contributed by atoms with Crippen molar-refractivity contribution in [2.45, 2.75) is 58.0 Å². The fourth-order valence-electron chi connectivity index (χ4n) is 5.94. The Morgan fingerprint density at radius 2 is 2.06 bits per heavy atom. The molecule has 0 radical (unpaired) electrons. The summed E-state index contributed by atoms with van der Waals surface area (Å²) in [6.45, 7) is 5.75. The molecule has 3 aromatic rings. The monoisotopic (exact) mass is 486 g/mol. The highest BCUT2D eigenvalue weighted by Crippen LogP contribution is 2.53. The first kappa shape index (κ1) is 24.7. The first-order chi connectivity index (χ1) is 17.4. The summed E-state index contributed by atoms with van der Waals surface area (Å²) >= 11 is 0. The average molecular weight is 487 g/mol. The van der Waals surface area contributed by atoms with Crippen LogP contribution in [0.1, 0.15) is 57.3 Å². The van der Waals surface area contributed by atoms with Crippen LogP contribution in [0.4, 0.5) is 0 Å². The molecule has 3 aliphatic rings. The molecule has 3 aliphatic carbocycles. The minimum Gasteiger partial charge on any atom is -0.458 e. The topological polar surface area (TPSA) is 71.1 Å². The number of ether oxygens (including phenoxy) is 1. The van der Waals surface area contributed by atoms with Gasteiger partial charge in [0.2, 0.25) is 0 Å². The maximum atomic E-state index is 12.8. The van der Waals surface area contributed by atoms with Crippen molar-refractivity contribution in [3.8, 4) is 0 Å². The molecule has 3 unspecified atom stereocenters. The molecule has 1 fully saturated rings. The van der Waals surface area contributed by atoms with Crippen molar-refractivity contribution in [2.24, 2.45) is 17.8 Å². The number of carbonyl (C=O) groups is 1. The zero-order chi connectivity index (χ0) is 25.1. The number of fused-ring (bicyclic) bond motifs is 3. The maximum absolute atomic E-state index is 12.8. The Hall–Kier alpha value is -2.99. The van der Waals surface area contributed by atoms with Gasteiger partial charge < -0.3 is 14.6 Å². The van der Waals surface area contributed by atoms with E-state index in [1.165, 1.54) is 11.1 Å². The van der Waals surface area contributed by atoms with Gasteiger partial charge in [0.1, 0.15) is 11.4 Å². The molecule has 6 rings (SSSR count). The lowest BCUT2D eigenvalue weighted by Gasteiger charge is -2.50. The number of hydrogen-bond donors (Lipinski definition) is 1. The van der Waals surface area contributed by atoms with Crippen LogP contribution in [0.3, 0.4) is 0 Å². The fourth-order valence-corrected chi connectivity index (χ4v) is 5.94. The second-order valence-electron chi connectivity index (χ2n) is 10.9. The highest BCUT2D eigenvalue weighted by Gasteiger charge is 2.50. The minimum atomic E-state index is -0.414. The number of carbonyl (C=O) groups excluding carboxylic acids is 1. The smallest absolute Gasteiger partial charge is 0.308 e. The molecule has 6 nitrogen and oxygen atoms in total. The Morgan fingerprint density at radius 3 is 2.78 bits per heavy atom. The highest BCUT2D eigenvalue weighted by molar-refractivity contribution is 5.75. The largest absolute Gasteiger partial charge is 0.458 e. The molecule has 36 heavy (non-hydrogen) atoms. The van der Waals surface area contributed by atoms with Gasteiger partial charge in [0, 0.05) is 37.7 Å². The summed E-state index contributed by atoms with van der Waals surface area (Å²) in [5, 5.41) is 0. The van der Waals surface area contributed by atoms with Gasteiger partial charge in [0.15, 0.2) is 0 Å². The fraction of sp³-hybridized carbons (Fsp3) is 0.500. The van der Waals surface area contributed by atoms with E-state index >= 15 is 0 Å². The SMILES string of the molecule is CC(C)C(=O)OC1(CCN(C)CCCc2nc3ccccc3[nH]2)CC2CCC1C=C2c1cccnc1. The van der Waals surface area contributed by atoms with Gasteiger partial charge in [0.25, 0.3) is 0 Å².